The van der Waals surface area contributed by atoms with Crippen molar-refractivity contribution >= 4 is 32.8 Å². The molecule has 0 aliphatic heterocycles. The molecule has 0 amide bonds. The zero-order valence-corrected chi connectivity index (χ0v) is 15.0. The summed E-state index contributed by atoms with van der Waals surface area (Å²) in [6.07, 6.45) is 2.37. The normalized spacial score (nSPS) is 11.2. The highest BCUT2D eigenvalue weighted by Gasteiger charge is 2.18. The summed E-state index contributed by atoms with van der Waals surface area (Å²) < 4.78 is 9.65. The highest BCUT2D eigenvalue weighted by molar-refractivity contribution is 9.10. The zero-order chi connectivity index (χ0) is 16.6. The number of ether oxygens (including phenoxy) is 1. The van der Waals surface area contributed by atoms with E-state index >= 15 is 0 Å². The first kappa shape index (κ1) is 15.7. The Kier molecular flexibility index (Phi) is 4.20. The maximum atomic E-state index is 5.46. The second kappa shape index (κ2) is 6.15. The van der Waals surface area contributed by atoms with E-state index in [1.54, 1.807) is 16.5 Å². The third-order valence-corrected chi connectivity index (χ3v) is 4.26. The van der Waals surface area contributed by atoms with Gasteiger partial charge >= 0.3 is 0 Å². The second-order valence-electron chi connectivity index (χ2n) is 5.10. The van der Waals surface area contributed by atoms with Crippen LogP contribution in [0.5, 0.6) is 5.88 Å². The molecule has 0 atom stereocenters. The lowest BCUT2D eigenvalue weighted by Crippen LogP contribution is -2.05. The molecule has 0 saturated carbocycles. The molecule has 3 heterocycles. The van der Waals surface area contributed by atoms with Crippen molar-refractivity contribution < 1.29 is 4.74 Å². The van der Waals surface area contributed by atoms with Gasteiger partial charge in [-0.3, -0.25) is 0 Å². The van der Waals surface area contributed by atoms with E-state index in [1.807, 2.05) is 14.1 Å². The number of hydrogen-bond donors (Lipinski definition) is 1. The summed E-state index contributed by atoms with van der Waals surface area (Å²) in [7, 11) is 5.38. The van der Waals surface area contributed by atoms with Crippen molar-refractivity contribution in [1.82, 2.24) is 29.5 Å². The Morgan fingerprint density at radius 3 is 2.70 bits per heavy atom. The second-order valence-corrected chi connectivity index (χ2v) is 5.85. The maximum Gasteiger partial charge on any atom is 0.216 e. The molecule has 3 rings (SSSR count). The predicted molar refractivity (Wildman–Crippen MR) is 90.5 cm³/mol. The minimum absolute atomic E-state index is 0.563. The lowest BCUT2D eigenvalue weighted by Gasteiger charge is -2.08. The Bertz CT molecular complexity index is 855. The van der Waals surface area contributed by atoms with E-state index in [0.717, 1.165) is 40.4 Å². The number of nitrogens with one attached hydrogen (secondary N) is 1. The smallest absolute Gasteiger partial charge is 0.216 e. The third kappa shape index (κ3) is 2.65. The number of aromatic nitrogens is 6. The van der Waals surface area contributed by atoms with Crippen LogP contribution in [0, 0.1) is 0 Å². The summed E-state index contributed by atoms with van der Waals surface area (Å²) in [6.45, 7) is 2.64. The summed E-state index contributed by atoms with van der Waals surface area (Å²) >= 11 is 3.46. The Balaban J connectivity index is 1.96. The van der Waals surface area contributed by atoms with Gasteiger partial charge in [0.05, 0.1) is 23.8 Å². The van der Waals surface area contributed by atoms with Gasteiger partial charge in [-0.15, -0.1) is 0 Å². The molecule has 23 heavy (non-hydrogen) atoms. The first-order valence-electron chi connectivity index (χ1n) is 7.22. The van der Waals surface area contributed by atoms with Crippen molar-refractivity contribution in [3.05, 3.63) is 22.2 Å². The SMILES string of the molecule is CCc1nn(C)c(OC)c1CNc1ncnc2c1c(Br)nn2C. The standard InChI is InChI=1S/C14H18BrN7O/c1-5-9-8(14(23-4)22(3)19-9)6-16-12-10-11(15)20-21(2)13(10)18-7-17-12/h7H,5-6H2,1-4H3,(H,16,17,18). The molecule has 1 N–H and O–H groups in total. The molecule has 3 aromatic heterocycles. The molecule has 0 aromatic carbocycles. The Labute approximate surface area is 142 Å². The van der Waals surface area contributed by atoms with Gasteiger partial charge < -0.3 is 10.1 Å². The number of halogens is 1. The molecule has 0 unspecified atom stereocenters. The number of rotatable bonds is 5. The van der Waals surface area contributed by atoms with Crippen molar-refractivity contribution in [3.63, 3.8) is 0 Å². The number of nitrogens with zero attached hydrogens (tertiary/aromatic N) is 6. The van der Waals surface area contributed by atoms with Crippen molar-refractivity contribution in [2.75, 3.05) is 12.4 Å². The van der Waals surface area contributed by atoms with E-state index in [1.165, 1.54) is 6.33 Å². The first-order chi connectivity index (χ1) is 11.1. The lowest BCUT2D eigenvalue weighted by atomic mass is 10.2. The minimum Gasteiger partial charge on any atom is -0.481 e. The molecule has 3 aromatic rings. The Hall–Kier alpha value is -2.16. The summed E-state index contributed by atoms with van der Waals surface area (Å²) in [5.74, 6) is 1.48. The van der Waals surface area contributed by atoms with Gasteiger partial charge in [0, 0.05) is 20.6 Å². The van der Waals surface area contributed by atoms with Gasteiger partial charge in [0.15, 0.2) is 5.65 Å². The molecule has 0 fully saturated rings. The van der Waals surface area contributed by atoms with Crippen LogP contribution in [0.4, 0.5) is 5.82 Å². The lowest BCUT2D eigenvalue weighted by molar-refractivity contribution is 0.370. The summed E-state index contributed by atoms with van der Waals surface area (Å²) in [5, 5.41) is 13.0. The van der Waals surface area contributed by atoms with Crippen molar-refractivity contribution in [3.8, 4) is 5.88 Å². The Morgan fingerprint density at radius 1 is 1.22 bits per heavy atom. The third-order valence-electron chi connectivity index (χ3n) is 3.71. The fourth-order valence-corrected chi connectivity index (χ4v) is 3.27. The first-order valence-corrected chi connectivity index (χ1v) is 8.01. The van der Waals surface area contributed by atoms with E-state index in [4.69, 9.17) is 4.74 Å². The highest BCUT2D eigenvalue weighted by atomic mass is 79.9. The summed E-state index contributed by atoms with van der Waals surface area (Å²) in [6, 6.07) is 0. The summed E-state index contributed by atoms with van der Waals surface area (Å²) in [5.41, 5.74) is 2.81. The highest BCUT2D eigenvalue weighted by Crippen LogP contribution is 2.28. The van der Waals surface area contributed by atoms with E-state index in [-0.39, 0.29) is 0 Å². The van der Waals surface area contributed by atoms with Crippen molar-refractivity contribution in [1.29, 1.82) is 0 Å². The average Bonchev–Trinajstić information content (AvgIpc) is 3.02. The molecule has 122 valence electrons. The van der Waals surface area contributed by atoms with E-state index in [9.17, 15) is 0 Å². The number of fused-ring (bicyclic) bond motifs is 1. The average molecular weight is 380 g/mol. The van der Waals surface area contributed by atoms with Gasteiger partial charge in [0.1, 0.15) is 16.7 Å². The number of methoxy groups -OCH3 is 1. The van der Waals surface area contributed by atoms with Gasteiger partial charge in [0.2, 0.25) is 5.88 Å². The van der Waals surface area contributed by atoms with Gasteiger partial charge in [-0.25, -0.2) is 19.3 Å². The molecule has 0 aliphatic carbocycles. The van der Waals surface area contributed by atoms with Crippen LogP contribution in [0.15, 0.2) is 10.9 Å². The Morgan fingerprint density at radius 2 is 2.00 bits per heavy atom. The van der Waals surface area contributed by atoms with Gasteiger partial charge in [-0.1, -0.05) is 6.92 Å². The zero-order valence-electron chi connectivity index (χ0n) is 13.5. The molecule has 0 radical (unpaired) electrons. The molecule has 0 aliphatic rings. The number of aryl methyl sites for hydroxylation is 3. The van der Waals surface area contributed by atoms with Crippen molar-refractivity contribution in [2.45, 2.75) is 19.9 Å². The van der Waals surface area contributed by atoms with Gasteiger partial charge in [-0.05, 0) is 22.4 Å². The molecule has 0 bridgehead atoms. The van der Waals surface area contributed by atoms with Gasteiger partial charge in [-0.2, -0.15) is 10.2 Å². The number of hydrogen-bond acceptors (Lipinski definition) is 6. The molecular weight excluding hydrogens is 362 g/mol. The van der Waals surface area contributed by atoms with Crippen LogP contribution in [0.25, 0.3) is 11.0 Å². The molecular formula is C14H18BrN7O. The fourth-order valence-electron chi connectivity index (χ4n) is 2.67. The topological polar surface area (TPSA) is 82.7 Å². The van der Waals surface area contributed by atoms with E-state index in [0.29, 0.717) is 11.1 Å². The molecule has 8 nitrogen and oxygen atoms in total. The van der Waals surface area contributed by atoms with Crippen LogP contribution in [0.2, 0.25) is 0 Å². The van der Waals surface area contributed by atoms with E-state index < -0.39 is 0 Å². The fraction of sp³-hybridized carbons (Fsp3) is 0.429. The molecule has 0 saturated heterocycles. The van der Waals surface area contributed by atoms with Crippen LogP contribution >= 0.6 is 15.9 Å². The minimum atomic E-state index is 0.563. The van der Waals surface area contributed by atoms with E-state index in [2.05, 4.69) is 48.3 Å². The quantitative estimate of drug-likeness (QED) is 0.730. The van der Waals surface area contributed by atoms with Crippen LogP contribution in [0.3, 0.4) is 0 Å². The van der Waals surface area contributed by atoms with Gasteiger partial charge in [0.25, 0.3) is 0 Å². The maximum absolute atomic E-state index is 5.46. The molecule has 0 spiro atoms. The van der Waals surface area contributed by atoms with Crippen LogP contribution in [-0.2, 0) is 27.1 Å². The number of anilines is 1. The molecule has 9 heteroatoms. The van der Waals surface area contributed by atoms with Crippen LogP contribution < -0.4 is 10.1 Å². The largest absolute Gasteiger partial charge is 0.481 e. The monoisotopic (exact) mass is 379 g/mol. The summed E-state index contributed by atoms with van der Waals surface area (Å²) in [4.78, 5) is 8.61. The van der Waals surface area contributed by atoms with Crippen LogP contribution in [0.1, 0.15) is 18.2 Å². The predicted octanol–water partition coefficient (Wildman–Crippen LogP) is 2.04. The van der Waals surface area contributed by atoms with Crippen LogP contribution in [-0.4, -0.2) is 36.6 Å². The van der Waals surface area contributed by atoms with Crippen molar-refractivity contribution in [2.24, 2.45) is 14.1 Å².